The predicted octanol–water partition coefficient (Wildman–Crippen LogP) is 1.47. The van der Waals surface area contributed by atoms with E-state index in [1.807, 2.05) is 0 Å². The van der Waals surface area contributed by atoms with Crippen molar-refractivity contribution in [2.24, 2.45) is 5.73 Å². The molecular formula is C12H13F4N3O. The highest BCUT2D eigenvalue weighted by molar-refractivity contribution is 5.98. The van der Waals surface area contributed by atoms with E-state index in [1.54, 1.807) is 0 Å². The molecule has 1 amide bonds. The van der Waals surface area contributed by atoms with Crippen molar-refractivity contribution in [2.45, 2.75) is 18.1 Å². The van der Waals surface area contributed by atoms with Gasteiger partial charge in [0.25, 0.3) is 0 Å². The van der Waals surface area contributed by atoms with Crippen LogP contribution in [0.2, 0.25) is 0 Å². The third kappa shape index (κ3) is 2.91. The lowest BCUT2D eigenvalue weighted by molar-refractivity contribution is -0.140. The molecule has 1 heterocycles. The molecule has 1 aliphatic rings. The zero-order valence-corrected chi connectivity index (χ0v) is 10.4. The molecule has 1 aromatic carbocycles. The van der Waals surface area contributed by atoms with Gasteiger partial charge in [0.15, 0.2) is 0 Å². The lowest BCUT2D eigenvalue weighted by Gasteiger charge is -2.21. The van der Waals surface area contributed by atoms with Crippen molar-refractivity contribution in [3.63, 3.8) is 0 Å². The number of halogens is 4. The van der Waals surface area contributed by atoms with Crippen molar-refractivity contribution in [3.8, 4) is 0 Å². The number of anilines is 1. The maximum Gasteiger partial charge on any atom is 0.419 e. The van der Waals surface area contributed by atoms with E-state index >= 15 is 0 Å². The molecule has 2 rings (SSSR count). The maximum absolute atomic E-state index is 13.1. The van der Waals surface area contributed by atoms with Crippen LogP contribution in [0.1, 0.15) is 12.0 Å². The van der Waals surface area contributed by atoms with Gasteiger partial charge >= 0.3 is 6.18 Å². The Hall–Kier alpha value is -1.67. The number of carbonyl (C=O) groups is 1. The van der Waals surface area contributed by atoms with Gasteiger partial charge in [-0.15, -0.1) is 0 Å². The number of carbonyl (C=O) groups excluding carboxylic acids is 1. The molecule has 4 nitrogen and oxygen atoms in total. The SMILES string of the molecule is N[C@]1(C(=O)Nc2ccc(F)c(C(F)(F)F)c2)CCNC1. The van der Waals surface area contributed by atoms with E-state index in [9.17, 15) is 22.4 Å². The van der Waals surface area contributed by atoms with Crippen LogP contribution >= 0.6 is 0 Å². The predicted molar refractivity (Wildman–Crippen MR) is 64.4 cm³/mol. The fourth-order valence-electron chi connectivity index (χ4n) is 1.98. The Kier molecular flexibility index (Phi) is 3.70. The molecule has 0 aromatic heterocycles. The molecule has 8 heteroatoms. The van der Waals surface area contributed by atoms with E-state index < -0.39 is 29.0 Å². The van der Waals surface area contributed by atoms with Crippen molar-refractivity contribution < 1.29 is 22.4 Å². The highest BCUT2D eigenvalue weighted by atomic mass is 19.4. The second kappa shape index (κ2) is 5.02. The monoisotopic (exact) mass is 291 g/mol. The van der Waals surface area contributed by atoms with Gasteiger partial charge in [0.05, 0.1) is 5.56 Å². The molecule has 4 N–H and O–H groups in total. The fraction of sp³-hybridized carbons (Fsp3) is 0.417. The topological polar surface area (TPSA) is 67.2 Å². The first kappa shape index (κ1) is 14.7. The van der Waals surface area contributed by atoms with Crippen LogP contribution in [-0.2, 0) is 11.0 Å². The Labute approximate surface area is 112 Å². The first-order chi connectivity index (χ1) is 9.22. The van der Waals surface area contributed by atoms with Gasteiger partial charge in [0.1, 0.15) is 11.4 Å². The fourth-order valence-corrected chi connectivity index (χ4v) is 1.98. The summed E-state index contributed by atoms with van der Waals surface area (Å²) in [4.78, 5) is 11.9. The Balaban J connectivity index is 2.20. The van der Waals surface area contributed by atoms with Crippen molar-refractivity contribution >= 4 is 11.6 Å². The van der Waals surface area contributed by atoms with Gasteiger partial charge in [-0.25, -0.2) is 4.39 Å². The van der Waals surface area contributed by atoms with Crippen molar-refractivity contribution in [1.82, 2.24) is 5.32 Å². The van der Waals surface area contributed by atoms with Crippen LogP contribution in [0, 0.1) is 5.82 Å². The van der Waals surface area contributed by atoms with Gasteiger partial charge in [-0.1, -0.05) is 0 Å². The molecule has 1 atom stereocenters. The molecule has 0 aliphatic carbocycles. The summed E-state index contributed by atoms with van der Waals surface area (Å²) in [5, 5.41) is 5.19. The van der Waals surface area contributed by atoms with E-state index in [0.29, 0.717) is 25.1 Å². The van der Waals surface area contributed by atoms with Crippen molar-refractivity contribution in [2.75, 3.05) is 18.4 Å². The highest BCUT2D eigenvalue weighted by Crippen LogP contribution is 2.33. The summed E-state index contributed by atoms with van der Waals surface area (Å²) in [5.41, 5.74) is 3.11. The number of hydrogen-bond acceptors (Lipinski definition) is 3. The zero-order valence-electron chi connectivity index (χ0n) is 10.4. The van der Waals surface area contributed by atoms with E-state index in [2.05, 4.69) is 10.6 Å². The van der Waals surface area contributed by atoms with Crippen LogP contribution < -0.4 is 16.4 Å². The zero-order chi connectivity index (χ0) is 15.0. The van der Waals surface area contributed by atoms with Gasteiger partial charge < -0.3 is 16.4 Å². The molecular weight excluding hydrogens is 278 g/mol. The molecule has 20 heavy (non-hydrogen) atoms. The van der Waals surface area contributed by atoms with E-state index in [4.69, 9.17) is 5.73 Å². The van der Waals surface area contributed by atoms with Gasteiger partial charge in [-0.3, -0.25) is 4.79 Å². The Morgan fingerprint density at radius 2 is 2.10 bits per heavy atom. The summed E-state index contributed by atoms with van der Waals surface area (Å²) in [6, 6.07) is 2.28. The van der Waals surface area contributed by atoms with Crippen molar-refractivity contribution in [1.29, 1.82) is 0 Å². The van der Waals surface area contributed by atoms with Crippen LogP contribution in [-0.4, -0.2) is 24.5 Å². The molecule has 110 valence electrons. The molecule has 0 radical (unpaired) electrons. The van der Waals surface area contributed by atoms with Crippen LogP contribution in [0.25, 0.3) is 0 Å². The highest BCUT2D eigenvalue weighted by Gasteiger charge is 2.38. The largest absolute Gasteiger partial charge is 0.419 e. The Morgan fingerprint density at radius 3 is 2.65 bits per heavy atom. The summed E-state index contributed by atoms with van der Waals surface area (Å²) in [6.45, 7) is 0.799. The Morgan fingerprint density at radius 1 is 1.40 bits per heavy atom. The molecule has 1 aromatic rings. The molecule has 0 unspecified atom stereocenters. The van der Waals surface area contributed by atoms with E-state index in [-0.39, 0.29) is 12.2 Å². The summed E-state index contributed by atoms with van der Waals surface area (Å²) in [7, 11) is 0. The summed E-state index contributed by atoms with van der Waals surface area (Å²) < 4.78 is 50.8. The lowest BCUT2D eigenvalue weighted by atomic mass is 9.99. The van der Waals surface area contributed by atoms with Gasteiger partial charge in [0.2, 0.25) is 5.91 Å². The van der Waals surface area contributed by atoms with Crippen LogP contribution in [0.15, 0.2) is 18.2 Å². The molecule has 1 saturated heterocycles. The minimum absolute atomic E-state index is 0.138. The third-order valence-electron chi connectivity index (χ3n) is 3.17. The normalized spacial score (nSPS) is 22.9. The van der Waals surface area contributed by atoms with Crippen LogP contribution in [0.4, 0.5) is 23.2 Å². The molecule has 1 aliphatic heterocycles. The molecule has 0 bridgehead atoms. The number of rotatable bonds is 2. The minimum Gasteiger partial charge on any atom is -0.324 e. The standard InChI is InChI=1S/C12H13F4N3O/c13-9-2-1-7(5-8(9)12(14,15)16)19-10(20)11(17)3-4-18-6-11/h1-2,5,18H,3-4,6,17H2,(H,19,20)/t11-/m1/s1. The number of nitrogens with two attached hydrogens (primary N) is 1. The third-order valence-corrected chi connectivity index (χ3v) is 3.17. The number of benzene rings is 1. The summed E-state index contributed by atoms with van der Waals surface area (Å²) in [5.74, 6) is -1.98. The first-order valence-corrected chi connectivity index (χ1v) is 5.90. The molecule has 0 spiro atoms. The number of nitrogens with one attached hydrogen (secondary N) is 2. The molecule has 1 fully saturated rings. The maximum atomic E-state index is 13.1. The van der Waals surface area contributed by atoms with Crippen molar-refractivity contribution in [3.05, 3.63) is 29.6 Å². The minimum atomic E-state index is -4.82. The van der Waals surface area contributed by atoms with E-state index in [1.165, 1.54) is 0 Å². The Bertz CT molecular complexity index is 524. The summed E-state index contributed by atoms with van der Waals surface area (Å²) in [6.07, 6.45) is -4.44. The average molecular weight is 291 g/mol. The number of hydrogen-bond donors (Lipinski definition) is 3. The second-order valence-corrected chi connectivity index (χ2v) is 4.73. The number of alkyl halides is 3. The van der Waals surface area contributed by atoms with Gasteiger partial charge in [0, 0.05) is 12.2 Å². The van der Waals surface area contributed by atoms with Crippen LogP contribution in [0.3, 0.4) is 0 Å². The second-order valence-electron chi connectivity index (χ2n) is 4.73. The van der Waals surface area contributed by atoms with Gasteiger partial charge in [-0.2, -0.15) is 13.2 Å². The lowest BCUT2D eigenvalue weighted by Crippen LogP contribution is -2.52. The van der Waals surface area contributed by atoms with Gasteiger partial charge in [-0.05, 0) is 31.2 Å². The first-order valence-electron chi connectivity index (χ1n) is 5.90. The quantitative estimate of drug-likeness (QED) is 0.723. The smallest absolute Gasteiger partial charge is 0.324 e. The number of amides is 1. The average Bonchev–Trinajstić information content (AvgIpc) is 2.78. The van der Waals surface area contributed by atoms with E-state index in [0.717, 1.165) is 6.07 Å². The van der Waals surface area contributed by atoms with Crippen LogP contribution in [0.5, 0.6) is 0 Å². The summed E-state index contributed by atoms with van der Waals surface area (Å²) >= 11 is 0. The molecule has 0 saturated carbocycles.